The van der Waals surface area contributed by atoms with Gasteiger partial charge in [0.05, 0.1) is 40.0 Å². The van der Waals surface area contributed by atoms with Crippen molar-refractivity contribution in [2.75, 3.05) is 20.3 Å². The summed E-state index contributed by atoms with van der Waals surface area (Å²) in [6.07, 6.45) is -7.87. The minimum absolute atomic E-state index is 0.0303. The molecule has 3 N–H and O–H groups in total. The zero-order valence-corrected chi connectivity index (χ0v) is 26.6. The molecule has 0 saturated carbocycles. The summed E-state index contributed by atoms with van der Waals surface area (Å²) >= 11 is 0. The molecule has 0 aliphatic rings. The Balaban J connectivity index is 2.67. The molecule has 2 aromatic rings. The predicted octanol–water partition coefficient (Wildman–Crippen LogP) is 5.58. The molecule has 0 spiro atoms. The zero-order valence-electron chi connectivity index (χ0n) is 24.8. The van der Waals surface area contributed by atoms with E-state index in [4.69, 9.17) is 19.9 Å². The molecule has 0 bridgehead atoms. The fourth-order valence-electron chi connectivity index (χ4n) is 3.78. The van der Waals surface area contributed by atoms with E-state index in [0.717, 1.165) is 13.0 Å². The molecule has 0 radical (unpaired) electrons. The third kappa shape index (κ3) is 9.29. The summed E-state index contributed by atoms with van der Waals surface area (Å²) in [5.41, 5.74) is 6.61. The van der Waals surface area contributed by atoms with Crippen molar-refractivity contribution in [3.63, 3.8) is 0 Å². The lowest BCUT2D eigenvalue weighted by atomic mass is 10.1. The van der Waals surface area contributed by atoms with E-state index in [2.05, 4.69) is 29.3 Å². The normalized spacial score (nSPS) is 17.1. The molecule has 0 aliphatic carbocycles. The first-order valence-corrected chi connectivity index (χ1v) is 18.0. The van der Waals surface area contributed by atoms with E-state index in [1.165, 1.54) is 20.1 Å². The maximum atomic E-state index is 15.8. The average Bonchev–Trinajstić information content (AvgIpc) is 3.17. The molecular weight excluding hydrogens is 568 g/mol. The van der Waals surface area contributed by atoms with Crippen LogP contribution in [-0.4, -0.2) is 65.3 Å². The molecule has 0 fully saturated rings. The zero-order chi connectivity index (χ0) is 30.6. The van der Waals surface area contributed by atoms with Crippen molar-refractivity contribution in [1.29, 1.82) is 0 Å². The van der Waals surface area contributed by atoms with Crippen molar-refractivity contribution in [2.45, 2.75) is 102 Å². The minimum atomic E-state index is -4.61. The van der Waals surface area contributed by atoms with Gasteiger partial charge in [-0.05, 0) is 46.7 Å². The van der Waals surface area contributed by atoms with Crippen LogP contribution in [0.25, 0.3) is 11.0 Å². The van der Waals surface area contributed by atoms with Crippen LogP contribution in [-0.2, 0) is 31.9 Å². The standard InChI is InChI=1S/C26H44F4N4O4SSi/c1-16(38-17(2)26(28,29)30)22(33-39(35)25(3,4)5)24-32-23-20(34(24)15-37-12-13-40(7,8)9)11-10-18(21(23)27)19(31)14-36-6/h10-11,16-17,19,22,33H,12-15,31H2,1-9H3/t16-,17-,19-,22+,39+/m1/s1. The third-order valence-electron chi connectivity index (χ3n) is 6.30. The van der Waals surface area contributed by atoms with Crippen LogP contribution in [0, 0.1) is 5.82 Å². The Morgan fingerprint density at radius 1 is 1.18 bits per heavy atom. The van der Waals surface area contributed by atoms with Gasteiger partial charge in [-0.2, -0.15) is 13.2 Å². The molecule has 14 heteroatoms. The Bertz CT molecular complexity index is 1150. The van der Waals surface area contributed by atoms with Gasteiger partial charge in [0.15, 0.2) is 11.9 Å². The van der Waals surface area contributed by atoms with Gasteiger partial charge in [0, 0.05) is 27.4 Å². The van der Waals surface area contributed by atoms with Gasteiger partial charge in [0.1, 0.15) is 24.1 Å². The summed E-state index contributed by atoms with van der Waals surface area (Å²) < 4.78 is 89.2. The smallest absolute Gasteiger partial charge is 0.383 e. The van der Waals surface area contributed by atoms with Crippen LogP contribution in [0.2, 0.25) is 25.7 Å². The van der Waals surface area contributed by atoms with Crippen LogP contribution in [0.3, 0.4) is 0 Å². The minimum Gasteiger partial charge on any atom is -0.383 e. The number of hydrogen-bond acceptors (Lipinski definition) is 6. The first kappa shape index (κ1) is 34.8. The maximum Gasteiger partial charge on any atom is 0.414 e. The average molecular weight is 613 g/mol. The highest BCUT2D eigenvalue weighted by Gasteiger charge is 2.41. The van der Waals surface area contributed by atoms with Gasteiger partial charge in [0.25, 0.3) is 0 Å². The van der Waals surface area contributed by atoms with Crippen molar-refractivity contribution in [1.82, 2.24) is 14.3 Å². The topological polar surface area (TPSA) is 101 Å². The number of rotatable bonds is 14. The van der Waals surface area contributed by atoms with Gasteiger partial charge in [0.2, 0.25) is 0 Å². The van der Waals surface area contributed by atoms with Gasteiger partial charge in [-0.1, -0.05) is 25.7 Å². The van der Waals surface area contributed by atoms with E-state index < -0.39 is 60.1 Å². The number of hydrogen-bond donors (Lipinski definition) is 2. The first-order chi connectivity index (χ1) is 18.3. The number of nitrogens with zero attached hydrogens (tertiary/aromatic N) is 2. The second-order valence-electron chi connectivity index (χ2n) is 12.1. The third-order valence-corrected chi connectivity index (χ3v) is 9.58. The number of methoxy groups -OCH3 is 1. The van der Waals surface area contributed by atoms with E-state index in [1.54, 1.807) is 31.4 Å². The van der Waals surface area contributed by atoms with Gasteiger partial charge in [-0.25, -0.2) is 18.3 Å². The number of benzene rings is 1. The fraction of sp³-hybridized carbons (Fsp3) is 0.731. The van der Waals surface area contributed by atoms with Gasteiger partial charge >= 0.3 is 6.18 Å². The SMILES string of the molecule is COC[C@@H](N)c1ccc2c(nc([C@@H](N[S@@](=O)C(C)(C)C)[C@@H](C)O[C@H](C)C(F)(F)F)n2COCC[Si](C)(C)C)c1F. The van der Waals surface area contributed by atoms with Gasteiger partial charge < -0.3 is 24.5 Å². The summed E-state index contributed by atoms with van der Waals surface area (Å²) in [7, 11) is -1.69. The van der Waals surface area contributed by atoms with E-state index in [9.17, 15) is 17.4 Å². The van der Waals surface area contributed by atoms with Crippen molar-refractivity contribution in [3.8, 4) is 0 Å². The Labute approximate surface area is 237 Å². The maximum absolute atomic E-state index is 15.8. The van der Waals surface area contributed by atoms with Gasteiger partial charge in [-0.15, -0.1) is 0 Å². The molecule has 0 unspecified atom stereocenters. The van der Waals surface area contributed by atoms with Crippen LogP contribution in [0.4, 0.5) is 17.6 Å². The first-order valence-electron chi connectivity index (χ1n) is 13.2. The Morgan fingerprint density at radius 3 is 2.33 bits per heavy atom. The number of ether oxygens (including phenoxy) is 3. The molecule has 40 heavy (non-hydrogen) atoms. The summed E-state index contributed by atoms with van der Waals surface area (Å²) in [5, 5.41) is 0. The molecule has 0 saturated heterocycles. The van der Waals surface area contributed by atoms with E-state index in [1.807, 2.05) is 0 Å². The Hall–Kier alpha value is -1.42. The molecule has 8 nitrogen and oxygen atoms in total. The van der Waals surface area contributed by atoms with E-state index in [0.29, 0.717) is 12.1 Å². The van der Waals surface area contributed by atoms with Crippen LogP contribution >= 0.6 is 0 Å². The highest BCUT2D eigenvalue weighted by atomic mass is 32.2. The molecule has 1 heterocycles. The molecule has 2 rings (SSSR count). The summed E-state index contributed by atoms with van der Waals surface area (Å²) in [5.74, 6) is -0.532. The number of alkyl halides is 3. The lowest BCUT2D eigenvalue weighted by molar-refractivity contribution is -0.227. The lowest BCUT2D eigenvalue weighted by Crippen LogP contribution is -2.43. The Morgan fingerprint density at radius 2 is 1.80 bits per heavy atom. The number of fused-ring (bicyclic) bond motifs is 1. The number of imidazole rings is 1. The number of nitrogens with two attached hydrogens (primary N) is 1. The predicted molar refractivity (Wildman–Crippen MR) is 152 cm³/mol. The van der Waals surface area contributed by atoms with Gasteiger partial charge in [-0.3, -0.25) is 0 Å². The molecular formula is C26H44F4N4O4SSi. The highest BCUT2D eigenvalue weighted by molar-refractivity contribution is 7.84. The largest absolute Gasteiger partial charge is 0.414 e. The number of aromatic nitrogens is 2. The van der Waals surface area contributed by atoms with Crippen molar-refractivity contribution < 1.29 is 36.0 Å². The molecule has 0 amide bonds. The highest BCUT2D eigenvalue weighted by Crippen LogP contribution is 2.32. The lowest BCUT2D eigenvalue weighted by Gasteiger charge is -2.30. The summed E-state index contributed by atoms with van der Waals surface area (Å²) in [6, 6.07) is 2.19. The molecule has 0 aliphatic heterocycles. The number of halogens is 4. The second-order valence-corrected chi connectivity index (χ2v) is 19.8. The molecule has 1 aromatic carbocycles. The van der Waals surface area contributed by atoms with Crippen LogP contribution in [0.15, 0.2) is 12.1 Å². The fourth-order valence-corrected chi connectivity index (χ4v) is 5.42. The summed E-state index contributed by atoms with van der Waals surface area (Å²) in [4.78, 5) is 4.53. The van der Waals surface area contributed by atoms with E-state index >= 15 is 4.39 Å². The van der Waals surface area contributed by atoms with Crippen molar-refractivity contribution in [2.24, 2.45) is 5.73 Å². The van der Waals surface area contributed by atoms with E-state index in [-0.39, 0.29) is 30.2 Å². The van der Waals surface area contributed by atoms with Crippen molar-refractivity contribution >= 4 is 30.1 Å². The molecule has 1 aromatic heterocycles. The van der Waals surface area contributed by atoms with Crippen LogP contribution in [0.5, 0.6) is 0 Å². The second kappa shape index (κ2) is 13.7. The summed E-state index contributed by atoms with van der Waals surface area (Å²) in [6.45, 7) is 14.6. The van der Waals surface area contributed by atoms with Crippen LogP contribution in [0.1, 0.15) is 58.1 Å². The monoisotopic (exact) mass is 612 g/mol. The number of nitrogens with one attached hydrogen (secondary N) is 1. The van der Waals surface area contributed by atoms with Crippen molar-refractivity contribution in [3.05, 3.63) is 29.3 Å². The molecule has 5 atom stereocenters. The Kier molecular flexibility index (Phi) is 11.9. The molecule has 230 valence electrons. The van der Waals surface area contributed by atoms with Crippen LogP contribution < -0.4 is 10.5 Å². The quantitative estimate of drug-likeness (QED) is 0.164.